The number of aryl methyl sites for hydroxylation is 2. The number of nitro benzene ring substituents is 1. The third-order valence-electron chi connectivity index (χ3n) is 4.68. The number of amides is 1. The molecule has 0 bridgehead atoms. The number of ether oxygens (including phenoxy) is 1. The molecule has 0 heterocycles. The van der Waals surface area contributed by atoms with Gasteiger partial charge < -0.3 is 10.1 Å². The fraction of sp³-hybridized carbons (Fsp3) is 0.350. The minimum absolute atomic E-state index is 0.140. The molecule has 1 amide bonds. The number of nitrogens with zero attached hydrogens (tertiary/aromatic N) is 1. The Hall–Kier alpha value is -2.60. The van der Waals surface area contributed by atoms with Crippen molar-refractivity contribution in [2.75, 3.05) is 5.32 Å². The molecule has 1 aliphatic rings. The van der Waals surface area contributed by atoms with E-state index >= 15 is 0 Å². The molecule has 1 atom stereocenters. The fourth-order valence-corrected chi connectivity index (χ4v) is 3.37. The molecule has 7 heteroatoms. The minimum atomic E-state index is -0.720. The molecule has 0 unspecified atom stereocenters. The lowest BCUT2D eigenvalue weighted by Crippen LogP contribution is -2.32. The van der Waals surface area contributed by atoms with E-state index < -0.39 is 16.9 Å². The summed E-state index contributed by atoms with van der Waals surface area (Å²) in [6.07, 6.45) is 4.21. The highest BCUT2D eigenvalue weighted by Gasteiger charge is 2.21. The lowest BCUT2D eigenvalue weighted by Gasteiger charge is -2.20. The lowest BCUT2D eigenvalue weighted by atomic mass is 9.92. The van der Waals surface area contributed by atoms with Crippen molar-refractivity contribution < 1.29 is 14.5 Å². The largest absolute Gasteiger partial charge is 0.481 e. The third kappa shape index (κ3) is 4.57. The van der Waals surface area contributed by atoms with Gasteiger partial charge >= 0.3 is 0 Å². The van der Waals surface area contributed by atoms with E-state index in [2.05, 4.69) is 11.4 Å². The zero-order valence-electron chi connectivity index (χ0n) is 15.0. The molecule has 6 nitrogen and oxygen atoms in total. The van der Waals surface area contributed by atoms with Crippen molar-refractivity contribution in [1.29, 1.82) is 0 Å². The van der Waals surface area contributed by atoms with Crippen molar-refractivity contribution in [3.05, 3.63) is 62.7 Å². The highest BCUT2D eigenvalue weighted by atomic mass is 35.5. The van der Waals surface area contributed by atoms with Crippen LogP contribution in [0.3, 0.4) is 0 Å². The number of nitrogens with one attached hydrogen (secondary N) is 1. The topological polar surface area (TPSA) is 81.5 Å². The number of carbonyl (C=O) groups is 1. The van der Waals surface area contributed by atoms with Crippen molar-refractivity contribution in [3.8, 4) is 5.75 Å². The number of hydrogen-bond acceptors (Lipinski definition) is 4. The van der Waals surface area contributed by atoms with E-state index in [0.29, 0.717) is 12.2 Å². The van der Waals surface area contributed by atoms with Crippen molar-refractivity contribution in [1.82, 2.24) is 0 Å². The predicted molar refractivity (Wildman–Crippen MR) is 105 cm³/mol. The summed E-state index contributed by atoms with van der Waals surface area (Å²) in [5, 5.41) is 13.8. The number of halogens is 1. The van der Waals surface area contributed by atoms with Crippen LogP contribution in [-0.4, -0.2) is 16.9 Å². The molecule has 0 saturated heterocycles. The van der Waals surface area contributed by atoms with Crippen molar-refractivity contribution in [3.63, 3.8) is 0 Å². The van der Waals surface area contributed by atoms with Gasteiger partial charge in [-0.1, -0.05) is 24.6 Å². The molecule has 1 aliphatic carbocycles. The smallest absolute Gasteiger partial charge is 0.271 e. The zero-order valence-corrected chi connectivity index (χ0v) is 15.8. The van der Waals surface area contributed by atoms with Gasteiger partial charge in [-0.2, -0.15) is 0 Å². The number of carbonyl (C=O) groups excluding carboxylic acids is 1. The quantitative estimate of drug-likeness (QED) is 0.562. The molecule has 0 fully saturated rings. The maximum Gasteiger partial charge on any atom is 0.271 e. The zero-order chi connectivity index (χ0) is 19.4. The minimum Gasteiger partial charge on any atom is -0.481 e. The van der Waals surface area contributed by atoms with Crippen LogP contribution in [0, 0.1) is 10.1 Å². The molecule has 2 aromatic carbocycles. The van der Waals surface area contributed by atoms with Gasteiger partial charge in [-0.05, 0) is 61.4 Å². The Morgan fingerprint density at radius 2 is 1.96 bits per heavy atom. The monoisotopic (exact) mass is 388 g/mol. The number of hydrogen-bond donors (Lipinski definition) is 1. The number of rotatable bonds is 6. The first kappa shape index (κ1) is 19.2. The first-order valence-corrected chi connectivity index (χ1v) is 9.39. The highest BCUT2D eigenvalue weighted by Crippen LogP contribution is 2.28. The second kappa shape index (κ2) is 8.39. The van der Waals surface area contributed by atoms with Gasteiger partial charge in [-0.25, -0.2) is 0 Å². The summed E-state index contributed by atoms with van der Waals surface area (Å²) in [5.41, 5.74) is 2.67. The van der Waals surface area contributed by atoms with Gasteiger partial charge in [0, 0.05) is 12.1 Å². The summed E-state index contributed by atoms with van der Waals surface area (Å²) in [6.45, 7) is 1.84. The standard InChI is InChI=1S/C20H21ClN2O4/c1-2-19(27-16-9-7-13-5-3-4-6-14(13)11-16)20(24)22-18-12-15(23(25)26)8-10-17(18)21/h7-12,19H,2-6H2,1H3,(H,22,24)/t19-/m0/s1. The predicted octanol–water partition coefficient (Wildman–Crippen LogP) is 4.92. The van der Waals surface area contributed by atoms with E-state index in [1.807, 2.05) is 19.1 Å². The summed E-state index contributed by atoms with van der Waals surface area (Å²) in [4.78, 5) is 23.0. The molecule has 2 aromatic rings. The Bertz CT molecular complexity index is 869. The van der Waals surface area contributed by atoms with Crippen LogP contribution in [0.1, 0.15) is 37.3 Å². The maximum atomic E-state index is 12.6. The van der Waals surface area contributed by atoms with Crippen LogP contribution in [0.25, 0.3) is 0 Å². The first-order chi connectivity index (χ1) is 13.0. The molecule has 27 heavy (non-hydrogen) atoms. The molecule has 0 saturated carbocycles. The van der Waals surface area contributed by atoms with Gasteiger partial charge in [-0.3, -0.25) is 14.9 Å². The molecule has 142 valence electrons. The molecular weight excluding hydrogens is 368 g/mol. The molecule has 0 aromatic heterocycles. The SMILES string of the molecule is CC[C@H](Oc1ccc2c(c1)CCCC2)C(=O)Nc1cc([N+](=O)[O-])ccc1Cl. The van der Waals surface area contributed by atoms with Gasteiger partial charge in [0.25, 0.3) is 11.6 Å². The van der Waals surface area contributed by atoms with Crippen LogP contribution in [-0.2, 0) is 17.6 Å². The average Bonchev–Trinajstić information content (AvgIpc) is 2.67. The summed E-state index contributed by atoms with van der Waals surface area (Å²) in [5.74, 6) is 0.264. The van der Waals surface area contributed by atoms with Gasteiger partial charge in [-0.15, -0.1) is 0 Å². The summed E-state index contributed by atoms with van der Waals surface area (Å²) in [6, 6.07) is 9.88. The normalized spacial score (nSPS) is 14.1. The van der Waals surface area contributed by atoms with Crippen molar-refractivity contribution in [2.45, 2.75) is 45.1 Å². The number of non-ortho nitro benzene ring substituents is 1. The summed E-state index contributed by atoms with van der Waals surface area (Å²) in [7, 11) is 0. The van der Waals surface area contributed by atoms with Gasteiger partial charge in [0.05, 0.1) is 15.6 Å². The van der Waals surface area contributed by atoms with E-state index in [4.69, 9.17) is 16.3 Å². The Morgan fingerprint density at radius 1 is 1.22 bits per heavy atom. The number of anilines is 1. The maximum absolute atomic E-state index is 12.6. The van der Waals surface area contributed by atoms with E-state index in [0.717, 1.165) is 12.8 Å². The molecule has 0 radical (unpaired) electrons. The van der Waals surface area contributed by atoms with Crippen LogP contribution < -0.4 is 10.1 Å². The van der Waals surface area contributed by atoms with Crippen LogP contribution in [0.5, 0.6) is 5.75 Å². The number of fused-ring (bicyclic) bond motifs is 1. The van der Waals surface area contributed by atoms with E-state index in [1.165, 1.54) is 42.2 Å². The molecule has 0 spiro atoms. The van der Waals surface area contributed by atoms with Crippen LogP contribution >= 0.6 is 11.6 Å². The molecule has 1 N–H and O–H groups in total. The Labute approximate surface area is 162 Å². The molecule has 0 aliphatic heterocycles. The first-order valence-electron chi connectivity index (χ1n) is 9.01. The van der Waals surface area contributed by atoms with Gasteiger partial charge in [0.2, 0.25) is 0 Å². The van der Waals surface area contributed by atoms with Crippen LogP contribution in [0.4, 0.5) is 11.4 Å². The van der Waals surface area contributed by atoms with Crippen molar-refractivity contribution >= 4 is 28.9 Å². The van der Waals surface area contributed by atoms with E-state index in [9.17, 15) is 14.9 Å². The Balaban J connectivity index is 1.73. The molecular formula is C20H21ClN2O4. The fourth-order valence-electron chi connectivity index (χ4n) is 3.21. The number of benzene rings is 2. The van der Waals surface area contributed by atoms with Gasteiger partial charge in [0.1, 0.15) is 5.75 Å². The van der Waals surface area contributed by atoms with E-state index in [1.54, 1.807) is 0 Å². The van der Waals surface area contributed by atoms with Crippen molar-refractivity contribution in [2.24, 2.45) is 0 Å². The lowest BCUT2D eigenvalue weighted by molar-refractivity contribution is -0.384. The van der Waals surface area contributed by atoms with Crippen LogP contribution in [0.2, 0.25) is 5.02 Å². The Kier molecular flexibility index (Phi) is 5.96. The average molecular weight is 389 g/mol. The molecule has 3 rings (SSSR count). The summed E-state index contributed by atoms with van der Waals surface area (Å²) >= 11 is 6.05. The van der Waals surface area contributed by atoms with E-state index in [-0.39, 0.29) is 16.4 Å². The van der Waals surface area contributed by atoms with Gasteiger partial charge in [0.15, 0.2) is 6.10 Å². The second-order valence-electron chi connectivity index (χ2n) is 6.56. The third-order valence-corrected chi connectivity index (χ3v) is 5.01. The Morgan fingerprint density at radius 3 is 2.67 bits per heavy atom. The second-order valence-corrected chi connectivity index (χ2v) is 6.97. The highest BCUT2D eigenvalue weighted by molar-refractivity contribution is 6.33. The number of nitro groups is 1. The summed E-state index contributed by atoms with van der Waals surface area (Å²) < 4.78 is 5.89. The van der Waals surface area contributed by atoms with Crippen LogP contribution in [0.15, 0.2) is 36.4 Å².